The molecule has 1 aromatic heterocycles. The molecule has 0 atom stereocenters. The summed E-state index contributed by atoms with van der Waals surface area (Å²) in [4.78, 5) is 0. The smallest absolute Gasteiger partial charge is 0.134 e. The summed E-state index contributed by atoms with van der Waals surface area (Å²) >= 11 is 0. The Morgan fingerprint density at radius 3 is 2.38 bits per heavy atom. The molecule has 21 heavy (non-hydrogen) atoms. The summed E-state index contributed by atoms with van der Waals surface area (Å²) in [6.45, 7) is 1.26. The molecule has 0 saturated heterocycles. The quantitative estimate of drug-likeness (QED) is 0.696. The van der Waals surface area contributed by atoms with Crippen LogP contribution in [0, 0.1) is 0 Å². The van der Waals surface area contributed by atoms with Gasteiger partial charge in [0.25, 0.3) is 0 Å². The topological polar surface area (TPSA) is 39.9 Å². The predicted molar refractivity (Wildman–Crippen MR) is 80.9 cm³/mol. The third kappa shape index (κ3) is 3.92. The van der Waals surface area contributed by atoms with Crippen molar-refractivity contribution in [1.82, 2.24) is 15.0 Å². The van der Waals surface area contributed by atoms with Crippen LogP contribution in [0.5, 0.6) is 5.75 Å². The highest BCUT2D eigenvalue weighted by molar-refractivity contribution is 5.21. The Balaban J connectivity index is 1.52. The van der Waals surface area contributed by atoms with Crippen LogP contribution < -0.4 is 4.74 Å². The van der Waals surface area contributed by atoms with Crippen molar-refractivity contribution in [3.8, 4) is 5.75 Å². The summed E-state index contributed by atoms with van der Waals surface area (Å²) in [5, 5.41) is 8.26. The van der Waals surface area contributed by atoms with Crippen LogP contribution in [0.25, 0.3) is 0 Å². The molecule has 3 aromatic rings. The van der Waals surface area contributed by atoms with Crippen molar-refractivity contribution < 1.29 is 4.74 Å². The number of ether oxygens (including phenoxy) is 1. The van der Waals surface area contributed by atoms with Gasteiger partial charge >= 0.3 is 0 Å². The highest BCUT2D eigenvalue weighted by Gasteiger charge is 2.02. The van der Waals surface area contributed by atoms with Crippen LogP contribution in [0.15, 0.2) is 66.9 Å². The zero-order valence-electron chi connectivity index (χ0n) is 11.7. The van der Waals surface area contributed by atoms with Crippen LogP contribution in [0.4, 0.5) is 0 Å². The standard InChI is InChI=1S/C17H17N3O/c1-3-7-15(8-4-1)11-12-20-13-16(18-19-20)14-21-17-9-5-2-6-10-17/h1-10,13H,11-12,14H2. The monoisotopic (exact) mass is 279 g/mol. The van der Waals surface area contributed by atoms with E-state index < -0.39 is 0 Å². The fourth-order valence-electron chi connectivity index (χ4n) is 2.08. The van der Waals surface area contributed by atoms with Crippen LogP contribution in [-0.2, 0) is 19.6 Å². The third-order valence-electron chi connectivity index (χ3n) is 3.19. The maximum Gasteiger partial charge on any atom is 0.134 e. The van der Waals surface area contributed by atoms with Crippen LogP contribution in [0.2, 0.25) is 0 Å². The first kappa shape index (κ1) is 13.4. The van der Waals surface area contributed by atoms with E-state index in [0.29, 0.717) is 6.61 Å². The number of para-hydroxylation sites is 1. The molecule has 0 aliphatic heterocycles. The molecule has 1 heterocycles. The fourth-order valence-corrected chi connectivity index (χ4v) is 2.08. The molecule has 0 amide bonds. The van der Waals surface area contributed by atoms with Gasteiger partial charge in [0.15, 0.2) is 0 Å². The molecule has 3 rings (SSSR count). The Hall–Kier alpha value is -2.62. The maximum atomic E-state index is 5.65. The van der Waals surface area contributed by atoms with Crippen molar-refractivity contribution in [1.29, 1.82) is 0 Å². The van der Waals surface area contributed by atoms with E-state index >= 15 is 0 Å². The van der Waals surface area contributed by atoms with Gasteiger partial charge in [-0.2, -0.15) is 0 Å². The summed E-state index contributed by atoms with van der Waals surface area (Å²) in [5.41, 5.74) is 2.14. The molecule has 0 unspecified atom stereocenters. The van der Waals surface area contributed by atoms with Gasteiger partial charge in [0, 0.05) is 6.54 Å². The highest BCUT2D eigenvalue weighted by atomic mass is 16.5. The summed E-state index contributed by atoms with van der Waals surface area (Å²) in [5.74, 6) is 0.844. The first-order valence-corrected chi connectivity index (χ1v) is 7.01. The predicted octanol–water partition coefficient (Wildman–Crippen LogP) is 3.10. The molecule has 0 radical (unpaired) electrons. The molecular formula is C17H17N3O. The molecule has 0 saturated carbocycles. The van der Waals surface area contributed by atoms with Crippen molar-refractivity contribution in [2.75, 3.05) is 0 Å². The molecule has 0 N–H and O–H groups in total. The zero-order chi connectivity index (χ0) is 14.3. The Morgan fingerprint density at radius 2 is 1.62 bits per heavy atom. The van der Waals surface area contributed by atoms with Gasteiger partial charge in [-0.25, -0.2) is 0 Å². The van der Waals surface area contributed by atoms with E-state index in [1.807, 2.05) is 47.3 Å². The van der Waals surface area contributed by atoms with E-state index in [-0.39, 0.29) is 0 Å². The Morgan fingerprint density at radius 1 is 0.905 bits per heavy atom. The third-order valence-corrected chi connectivity index (χ3v) is 3.19. The molecule has 0 aliphatic rings. The van der Waals surface area contributed by atoms with Crippen molar-refractivity contribution in [3.63, 3.8) is 0 Å². The second-order valence-electron chi connectivity index (χ2n) is 4.81. The van der Waals surface area contributed by atoms with Gasteiger partial charge in [-0.15, -0.1) is 5.10 Å². The van der Waals surface area contributed by atoms with Gasteiger partial charge in [0.2, 0.25) is 0 Å². The highest BCUT2D eigenvalue weighted by Crippen LogP contribution is 2.10. The van der Waals surface area contributed by atoms with Crippen LogP contribution in [0.1, 0.15) is 11.3 Å². The summed E-state index contributed by atoms with van der Waals surface area (Å²) < 4.78 is 7.51. The maximum absolute atomic E-state index is 5.65. The van der Waals surface area contributed by atoms with Crippen molar-refractivity contribution in [3.05, 3.63) is 78.1 Å². The van der Waals surface area contributed by atoms with E-state index in [0.717, 1.165) is 24.4 Å². The number of rotatable bonds is 6. The lowest BCUT2D eigenvalue weighted by Crippen LogP contribution is -2.01. The molecule has 0 bridgehead atoms. The molecule has 4 heteroatoms. The average molecular weight is 279 g/mol. The molecule has 0 aliphatic carbocycles. The molecular weight excluding hydrogens is 262 g/mol. The van der Waals surface area contributed by atoms with Crippen molar-refractivity contribution in [2.45, 2.75) is 19.6 Å². The lowest BCUT2D eigenvalue weighted by atomic mass is 10.1. The molecule has 0 spiro atoms. The summed E-state index contributed by atoms with van der Waals surface area (Å²) in [7, 11) is 0. The van der Waals surface area contributed by atoms with E-state index in [1.165, 1.54) is 5.56 Å². The first-order chi connectivity index (χ1) is 10.4. The number of benzene rings is 2. The number of hydrogen-bond acceptors (Lipinski definition) is 3. The van der Waals surface area contributed by atoms with Gasteiger partial charge in [-0.05, 0) is 24.1 Å². The molecule has 106 valence electrons. The van der Waals surface area contributed by atoms with Gasteiger partial charge in [0.05, 0.1) is 6.20 Å². The van der Waals surface area contributed by atoms with E-state index in [9.17, 15) is 0 Å². The molecule has 2 aromatic carbocycles. The lowest BCUT2D eigenvalue weighted by Gasteiger charge is -2.02. The van der Waals surface area contributed by atoms with Gasteiger partial charge in [-0.1, -0.05) is 53.7 Å². The Kier molecular flexibility index (Phi) is 4.27. The molecule has 4 nitrogen and oxygen atoms in total. The summed E-state index contributed by atoms with van der Waals surface area (Å²) in [6.07, 6.45) is 2.88. The van der Waals surface area contributed by atoms with Crippen molar-refractivity contribution >= 4 is 0 Å². The molecule has 0 fully saturated rings. The number of nitrogens with zero attached hydrogens (tertiary/aromatic N) is 3. The van der Waals surface area contributed by atoms with Gasteiger partial charge in [-0.3, -0.25) is 4.68 Å². The minimum atomic E-state index is 0.440. The second kappa shape index (κ2) is 6.70. The van der Waals surface area contributed by atoms with Gasteiger partial charge in [0.1, 0.15) is 18.1 Å². The number of aromatic nitrogens is 3. The van der Waals surface area contributed by atoms with E-state index in [1.54, 1.807) is 0 Å². The Labute approximate surface area is 124 Å². The second-order valence-corrected chi connectivity index (χ2v) is 4.81. The SMILES string of the molecule is c1ccc(CCn2cc(COc3ccccc3)nn2)cc1. The number of aryl methyl sites for hydroxylation is 2. The zero-order valence-corrected chi connectivity index (χ0v) is 11.7. The minimum absolute atomic E-state index is 0.440. The van der Waals surface area contributed by atoms with E-state index in [2.05, 4.69) is 34.6 Å². The summed E-state index contributed by atoms with van der Waals surface area (Å²) in [6, 6.07) is 20.1. The Bertz CT molecular complexity index is 607. The fraction of sp³-hybridized carbons (Fsp3) is 0.176. The van der Waals surface area contributed by atoms with Crippen LogP contribution in [0.3, 0.4) is 0 Å². The largest absolute Gasteiger partial charge is 0.487 e. The van der Waals surface area contributed by atoms with Crippen LogP contribution in [-0.4, -0.2) is 15.0 Å². The minimum Gasteiger partial charge on any atom is -0.487 e. The number of hydrogen-bond donors (Lipinski definition) is 0. The van der Waals surface area contributed by atoms with Gasteiger partial charge < -0.3 is 4.74 Å². The average Bonchev–Trinajstić information content (AvgIpc) is 3.01. The van der Waals surface area contributed by atoms with Crippen molar-refractivity contribution in [2.24, 2.45) is 0 Å². The first-order valence-electron chi connectivity index (χ1n) is 7.01. The van der Waals surface area contributed by atoms with E-state index in [4.69, 9.17) is 4.74 Å². The normalized spacial score (nSPS) is 10.5. The lowest BCUT2D eigenvalue weighted by molar-refractivity contribution is 0.301. The van der Waals surface area contributed by atoms with Crippen LogP contribution >= 0.6 is 0 Å².